The topological polar surface area (TPSA) is 73.0 Å². The number of anilines is 4. The zero-order valence-corrected chi connectivity index (χ0v) is 21.5. The number of hydrogen-bond acceptors (Lipinski definition) is 7. The van der Waals surface area contributed by atoms with E-state index in [1.807, 2.05) is 24.3 Å². The van der Waals surface area contributed by atoms with Gasteiger partial charge in [-0.3, -0.25) is 9.69 Å². The highest BCUT2D eigenvalue weighted by Gasteiger charge is 2.34. The van der Waals surface area contributed by atoms with Gasteiger partial charge in [0, 0.05) is 75.6 Å². The molecular formula is C27H35F3N6O2. The minimum Gasteiger partial charge on any atom is -0.384 e. The Morgan fingerprint density at radius 3 is 2.74 bits per heavy atom. The number of piperazine rings is 1. The normalized spacial score (nSPS) is 20.8. The van der Waals surface area contributed by atoms with Gasteiger partial charge in [-0.25, -0.2) is 4.98 Å². The van der Waals surface area contributed by atoms with Crippen molar-refractivity contribution in [2.75, 3.05) is 74.6 Å². The highest BCUT2D eigenvalue weighted by Crippen LogP contribution is 2.36. The number of halogens is 3. The summed E-state index contributed by atoms with van der Waals surface area (Å²) in [6.45, 7) is 6.27. The number of rotatable bonds is 8. The Hall–Kier alpha value is -3.05. The molecule has 1 aromatic carbocycles. The van der Waals surface area contributed by atoms with E-state index in [0.29, 0.717) is 44.5 Å². The molecule has 0 aliphatic carbocycles. The summed E-state index contributed by atoms with van der Waals surface area (Å²) in [5.74, 6) is 0.244. The lowest BCUT2D eigenvalue weighted by atomic mass is 10.1. The molecule has 1 atom stereocenters. The van der Waals surface area contributed by atoms with Crippen molar-refractivity contribution in [2.45, 2.75) is 37.9 Å². The fraction of sp³-hybridized carbons (Fsp3) is 0.556. The van der Waals surface area contributed by atoms with Crippen LogP contribution in [0, 0.1) is 0 Å². The predicted molar refractivity (Wildman–Crippen MR) is 141 cm³/mol. The lowest BCUT2D eigenvalue weighted by molar-refractivity contribution is -0.137. The number of amides is 1. The number of ether oxygens (including phenoxy) is 1. The molecule has 8 nitrogen and oxygen atoms in total. The molecule has 0 spiro atoms. The Bertz CT molecular complexity index is 1100. The molecule has 1 aromatic heterocycles. The molecule has 3 aliphatic heterocycles. The summed E-state index contributed by atoms with van der Waals surface area (Å²) in [6, 6.07) is 9.98. The van der Waals surface area contributed by atoms with Crippen LogP contribution in [0.1, 0.15) is 31.2 Å². The van der Waals surface area contributed by atoms with E-state index in [0.717, 1.165) is 43.6 Å². The van der Waals surface area contributed by atoms with Gasteiger partial charge in [-0.2, -0.15) is 13.2 Å². The van der Waals surface area contributed by atoms with Crippen molar-refractivity contribution >= 4 is 28.8 Å². The molecule has 4 heterocycles. The first-order valence-electron chi connectivity index (χ1n) is 13.4. The summed E-state index contributed by atoms with van der Waals surface area (Å²) in [4.78, 5) is 22.7. The van der Waals surface area contributed by atoms with Crippen LogP contribution in [-0.2, 0) is 15.7 Å². The van der Waals surface area contributed by atoms with E-state index >= 15 is 0 Å². The average molecular weight is 533 g/mol. The second-order valence-electron chi connectivity index (χ2n) is 10.1. The van der Waals surface area contributed by atoms with E-state index in [2.05, 4.69) is 25.4 Å². The largest absolute Gasteiger partial charge is 0.419 e. The summed E-state index contributed by atoms with van der Waals surface area (Å²) in [5.41, 5.74) is 1.06. The number of aromatic nitrogens is 1. The van der Waals surface area contributed by atoms with E-state index in [4.69, 9.17) is 4.74 Å². The third kappa shape index (κ3) is 6.50. The van der Waals surface area contributed by atoms with Crippen molar-refractivity contribution in [3.63, 3.8) is 0 Å². The number of nitrogens with zero attached hydrogens (tertiary/aromatic N) is 4. The summed E-state index contributed by atoms with van der Waals surface area (Å²) in [6.07, 6.45) is 0.121. The van der Waals surface area contributed by atoms with Crippen molar-refractivity contribution in [1.82, 2.24) is 14.8 Å². The molecule has 38 heavy (non-hydrogen) atoms. The fourth-order valence-electron chi connectivity index (χ4n) is 5.49. The lowest BCUT2D eigenvalue weighted by Gasteiger charge is -2.38. The number of nitrogens with one attached hydrogen (secondary N) is 2. The van der Waals surface area contributed by atoms with Crippen LogP contribution in [0.4, 0.5) is 36.1 Å². The molecule has 1 unspecified atom stereocenters. The van der Waals surface area contributed by atoms with Crippen molar-refractivity contribution < 1.29 is 22.7 Å². The van der Waals surface area contributed by atoms with Crippen LogP contribution in [0.3, 0.4) is 0 Å². The van der Waals surface area contributed by atoms with Crippen molar-refractivity contribution in [3.8, 4) is 0 Å². The molecule has 2 N–H and O–H groups in total. The second-order valence-corrected chi connectivity index (χ2v) is 10.1. The van der Waals surface area contributed by atoms with E-state index in [-0.39, 0.29) is 18.2 Å². The Kier molecular flexibility index (Phi) is 8.23. The van der Waals surface area contributed by atoms with Gasteiger partial charge in [-0.15, -0.1) is 0 Å². The molecule has 11 heteroatoms. The fourth-order valence-corrected chi connectivity index (χ4v) is 5.49. The maximum absolute atomic E-state index is 13.6. The third-order valence-electron chi connectivity index (χ3n) is 7.52. The molecule has 2 aromatic rings. The van der Waals surface area contributed by atoms with Crippen molar-refractivity contribution in [2.24, 2.45) is 0 Å². The van der Waals surface area contributed by atoms with Crippen LogP contribution < -0.4 is 15.5 Å². The van der Waals surface area contributed by atoms with Crippen LogP contribution in [0.15, 0.2) is 36.5 Å². The molecule has 3 fully saturated rings. The summed E-state index contributed by atoms with van der Waals surface area (Å²) >= 11 is 0. The van der Waals surface area contributed by atoms with Crippen LogP contribution in [-0.4, -0.2) is 85.8 Å². The molecule has 206 valence electrons. The number of alkyl halides is 3. The molecule has 0 radical (unpaired) electrons. The van der Waals surface area contributed by atoms with Gasteiger partial charge >= 0.3 is 6.18 Å². The van der Waals surface area contributed by atoms with Gasteiger partial charge in [0.2, 0.25) is 5.91 Å². The number of pyridine rings is 1. The van der Waals surface area contributed by atoms with Crippen molar-refractivity contribution in [1.29, 1.82) is 0 Å². The summed E-state index contributed by atoms with van der Waals surface area (Å²) in [5, 5.41) is 6.04. The zero-order valence-electron chi connectivity index (χ0n) is 21.5. The molecule has 5 rings (SSSR count). The molecule has 3 saturated heterocycles. The molecule has 0 bridgehead atoms. The smallest absolute Gasteiger partial charge is 0.384 e. The van der Waals surface area contributed by atoms with Gasteiger partial charge < -0.3 is 25.2 Å². The van der Waals surface area contributed by atoms with Gasteiger partial charge in [-0.05, 0) is 56.5 Å². The first-order chi connectivity index (χ1) is 18.4. The monoisotopic (exact) mass is 532 g/mol. The number of carbonyl (C=O) groups is 1. The van der Waals surface area contributed by atoms with Crippen LogP contribution in [0.2, 0.25) is 0 Å². The van der Waals surface area contributed by atoms with Gasteiger partial charge in [0.05, 0.1) is 11.3 Å². The Balaban J connectivity index is 1.20. The van der Waals surface area contributed by atoms with Crippen LogP contribution in [0.25, 0.3) is 0 Å². The quantitative estimate of drug-likeness (QED) is 0.495. The minimum atomic E-state index is -4.53. The first-order valence-corrected chi connectivity index (χ1v) is 13.4. The van der Waals surface area contributed by atoms with Gasteiger partial charge in [0.15, 0.2) is 0 Å². The van der Waals surface area contributed by atoms with Gasteiger partial charge in [0.1, 0.15) is 12.4 Å². The average Bonchev–Trinajstić information content (AvgIpc) is 3.28. The second kappa shape index (κ2) is 11.8. The van der Waals surface area contributed by atoms with Gasteiger partial charge in [0.25, 0.3) is 0 Å². The number of carbonyl (C=O) groups excluding carboxylic acids is 1. The highest BCUT2D eigenvalue weighted by atomic mass is 19.4. The highest BCUT2D eigenvalue weighted by molar-refractivity contribution is 5.77. The minimum absolute atomic E-state index is 0.0356. The number of hydrogen-bond donors (Lipinski definition) is 2. The number of benzene rings is 1. The van der Waals surface area contributed by atoms with E-state index in [9.17, 15) is 18.0 Å². The standard InChI is InChI=1S/C27H35F3N6O2/c28-27(29,30)23-17-32-25(16-24(23)31-9-2-11-35-12-3-15-38-19-26(35)37)33-20-5-7-21(8-6-20)36-14-13-34-10-1-4-22(34)18-36/h5-8,16-17,22H,1-4,9-15,18-19H2,(H2,31,32,33). The SMILES string of the molecule is O=C1COCCCN1CCCNc1cc(Nc2ccc(N3CCN4CCCC4C3)cc2)ncc1C(F)(F)F. The first kappa shape index (κ1) is 26.6. The Labute approximate surface area is 221 Å². The molecule has 1 amide bonds. The molecule has 3 aliphatic rings. The molecular weight excluding hydrogens is 497 g/mol. The molecule has 0 saturated carbocycles. The Morgan fingerprint density at radius 1 is 1.08 bits per heavy atom. The maximum Gasteiger partial charge on any atom is 0.419 e. The maximum atomic E-state index is 13.6. The lowest BCUT2D eigenvalue weighted by Crippen LogP contribution is -2.50. The van der Waals surface area contributed by atoms with Crippen LogP contribution in [0.5, 0.6) is 0 Å². The van der Waals surface area contributed by atoms with E-state index < -0.39 is 11.7 Å². The summed E-state index contributed by atoms with van der Waals surface area (Å²) in [7, 11) is 0. The van der Waals surface area contributed by atoms with E-state index in [1.165, 1.54) is 25.5 Å². The Morgan fingerprint density at radius 2 is 1.92 bits per heavy atom. The third-order valence-corrected chi connectivity index (χ3v) is 7.52. The van der Waals surface area contributed by atoms with Gasteiger partial charge in [-0.1, -0.05) is 0 Å². The van der Waals surface area contributed by atoms with E-state index in [1.54, 1.807) is 4.90 Å². The summed E-state index contributed by atoms with van der Waals surface area (Å²) < 4.78 is 46.1. The zero-order chi connectivity index (χ0) is 26.5. The predicted octanol–water partition coefficient (Wildman–Crippen LogP) is 4.18. The van der Waals surface area contributed by atoms with Crippen LogP contribution >= 0.6 is 0 Å². The van der Waals surface area contributed by atoms with Crippen molar-refractivity contribution in [3.05, 3.63) is 42.1 Å². The number of fused-ring (bicyclic) bond motifs is 1.